The van der Waals surface area contributed by atoms with E-state index in [1.54, 1.807) is 0 Å². The van der Waals surface area contributed by atoms with E-state index >= 15 is 0 Å². The molecule has 0 aliphatic rings. The molecule has 0 saturated carbocycles. The van der Waals surface area contributed by atoms with E-state index in [-0.39, 0.29) is 25.7 Å². The van der Waals surface area contributed by atoms with Crippen molar-refractivity contribution in [3.63, 3.8) is 0 Å². The Labute approximate surface area is 582 Å². The molecular weight excluding hydrogens is 1260 g/mol. The van der Waals surface area contributed by atoms with Crippen LogP contribution in [0.1, 0.15) is 310 Å². The van der Waals surface area contributed by atoms with Gasteiger partial charge in [-0.2, -0.15) is 0 Å². The van der Waals surface area contributed by atoms with Crippen molar-refractivity contribution in [2.75, 3.05) is 39.6 Å². The first-order chi connectivity index (χ1) is 46.7. The number of phosphoric ester groups is 2. The second-order valence-electron chi connectivity index (χ2n) is 24.9. The first-order valence-electron chi connectivity index (χ1n) is 37.5. The molecule has 0 bridgehead atoms. The van der Waals surface area contributed by atoms with E-state index in [1.807, 2.05) is 18.2 Å². The van der Waals surface area contributed by atoms with E-state index in [0.717, 1.165) is 135 Å². The van der Waals surface area contributed by atoms with Crippen molar-refractivity contribution in [2.45, 2.75) is 329 Å². The van der Waals surface area contributed by atoms with Gasteiger partial charge in [0.25, 0.3) is 0 Å². The van der Waals surface area contributed by atoms with Gasteiger partial charge in [0, 0.05) is 25.7 Å². The molecule has 0 fully saturated rings. The van der Waals surface area contributed by atoms with Crippen LogP contribution in [0.15, 0.2) is 97.2 Å². The fourth-order valence-corrected chi connectivity index (χ4v) is 11.4. The maximum atomic E-state index is 13.0. The molecule has 5 atom stereocenters. The summed E-state index contributed by atoms with van der Waals surface area (Å²) in [6.07, 6.45) is 71.4. The Balaban J connectivity index is 5.37. The number of phosphoric acid groups is 2. The standard InChI is InChI=1S/C77H134O17P2/c1-5-9-13-17-21-25-29-32-33-34-35-36-37-40-43-46-50-54-58-62-75(80)88-68-73(94-77(82)64-60-56-52-48-44-39-31-27-23-19-15-11-7-3)70-92-96(85,86)90-66-71(78)65-89-95(83,84)91-69-72(93-76(81)63-59-55-51-47-41-28-24-20-16-12-8-4)67-87-74(79)61-57-53-49-45-42-38-30-26-22-18-14-10-6-2/h9,13,21,25-27,30-33,35-36,40,43,50,54,71-73,78H,5-8,10-12,14-20,22-24,28-29,34,37-39,41-42,44-49,51-53,55-70H2,1-4H3,(H,83,84)(H,85,86)/b13-9-,25-21-,30-26-,31-27-,33-32-,36-35-,43-40-,54-50-. The number of rotatable bonds is 70. The normalized spacial score (nSPS) is 14.5. The minimum absolute atomic E-state index is 0.0348. The summed E-state index contributed by atoms with van der Waals surface area (Å²) >= 11 is 0. The number of aliphatic hydroxyl groups excluding tert-OH is 1. The predicted molar refractivity (Wildman–Crippen MR) is 390 cm³/mol. The highest BCUT2D eigenvalue weighted by molar-refractivity contribution is 7.47. The van der Waals surface area contributed by atoms with Crippen molar-refractivity contribution in [1.82, 2.24) is 0 Å². The molecule has 0 rings (SSSR count). The number of esters is 4. The molecule has 0 heterocycles. The topological polar surface area (TPSA) is 237 Å². The predicted octanol–water partition coefficient (Wildman–Crippen LogP) is 21.2. The first kappa shape index (κ1) is 92.0. The monoisotopic (exact) mass is 1390 g/mol. The summed E-state index contributed by atoms with van der Waals surface area (Å²) in [5, 5.41) is 10.6. The van der Waals surface area contributed by atoms with Gasteiger partial charge in [-0.05, 0) is 116 Å². The Morgan fingerprint density at radius 3 is 0.906 bits per heavy atom. The molecule has 554 valence electrons. The third-order valence-electron chi connectivity index (χ3n) is 15.5. The summed E-state index contributed by atoms with van der Waals surface area (Å²) in [6, 6.07) is 0. The molecule has 0 saturated heterocycles. The van der Waals surface area contributed by atoms with Gasteiger partial charge in [0.15, 0.2) is 12.2 Å². The van der Waals surface area contributed by atoms with Crippen molar-refractivity contribution in [2.24, 2.45) is 0 Å². The van der Waals surface area contributed by atoms with Crippen LogP contribution in [0.4, 0.5) is 0 Å². The van der Waals surface area contributed by atoms with Crippen LogP contribution in [0.3, 0.4) is 0 Å². The second kappa shape index (κ2) is 69.5. The molecule has 0 amide bonds. The first-order valence-corrected chi connectivity index (χ1v) is 40.5. The minimum atomic E-state index is -4.99. The summed E-state index contributed by atoms with van der Waals surface area (Å²) in [4.78, 5) is 72.7. The van der Waals surface area contributed by atoms with Gasteiger partial charge in [-0.3, -0.25) is 37.3 Å². The van der Waals surface area contributed by atoms with Crippen LogP contribution in [0.2, 0.25) is 0 Å². The SMILES string of the molecule is CC/C=C\C/C=C\C/C=C\C/C=C\C/C=C\C/C=C\CCC(=O)OCC(COP(=O)(O)OCC(O)COP(=O)(O)OCC(COC(=O)CCCCCCC/C=C\CCCCCC)OC(=O)CCCCCCCCCCCCC)OC(=O)CCCCCCC/C=C\CCCCCC. The Bertz CT molecular complexity index is 2200. The Morgan fingerprint density at radius 2 is 0.562 bits per heavy atom. The molecule has 19 heteroatoms. The minimum Gasteiger partial charge on any atom is -0.462 e. The lowest BCUT2D eigenvalue weighted by molar-refractivity contribution is -0.161. The largest absolute Gasteiger partial charge is 0.472 e. The van der Waals surface area contributed by atoms with Crippen LogP contribution >= 0.6 is 15.6 Å². The maximum Gasteiger partial charge on any atom is 0.472 e. The number of unbranched alkanes of at least 4 members (excludes halogenated alkanes) is 28. The Hall–Kier alpha value is -4.02. The van der Waals surface area contributed by atoms with E-state index in [0.29, 0.717) is 32.1 Å². The summed E-state index contributed by atoms with van der Waals surface area (Å²) in [5.74, 6) is -2.28. The number of hydrogen-bond acceptors (Lipinski definition) is 15. The number of aliphatic hydroxyl groups is 1. The van der Waals surface area contributed by atoms with E-state index in [2.05, 4.69) is 107 Å². The third kappa shape index (κ3) is 68.5. The van der Waals surface area contributed by atoms with Crippen LogP contribution in [0.5, 0.6) is 0 Å². The molecule has 0 aromatic carbocycles. The Kier molecular flexibility index (Phi) is 66.6. The molecule has 0 aromatic heterocycles. The van der Waals surface area contributed by atoms with Crippen molar-refractivity contribution in [1.29, 1.82) is 0 Å². The van der Waals surface area contributed by atoms with Gasteiger partial charge >= 0.3 is 39.5 Å². The van der Waals surface area contributed by atoms with Crippen LogP contribution in [-0.2, 0) is 65.4 Å². The van der Waals surface area contributed by atoms with E-state index in [4.69, 9.17) is 37.0 Å². The van der Waals surface area contributed by atoms with Crippen LogP contribution in [-0.4, -0.2) is 96.7 Å². The highest BCUT2D eigenvalue weighted by Gasteiger charge is 2.30. The molecule has 3 N–H and O–H groups in total. The average molecular weight is 1390 g/mol. The maximum absolute atomic E-state index is 13.0. The van der Waals surface area contributed by atoms with E-state index in [1.165, 1.54) is 89.9 Å². The molecule has 0 aliphatic carbocycles. The molecule has 0 aliphatic heterocycles. The van der Waals surface area contributed by atoms with Crippen molar-refractivity contribution < 1.29 is 80.2 Å². The molecular formula is C77H134O17P2. The molecule has 96 heavy (non-hydrogen) atoms. The number of carbonyl (C=O) groups is 4. The van der Waals surface area contributed by atoms with E-state index < -0.39 is 97.5 Å². The number of hydrogen-bond donors (Lipinski definition) is 3. The number of allylic oxidation sites excluding steroid dienone is 16. The number of ether oxygens (including phenoxy) is 4. The smallest absolute Gasteiger partial charge is 0.462 e. The molecule has 0 aromatic rings. The van der Waals surface area contributed by atoms with Gasteiger partial charge in [0.2, 0.25) is 0 Å². The molecule has 0 spiro atoms. The lowest BCUT2D eigenvalue weighted by Crippen LogP contribution is -2.30. The van der Waals surface area contributed by atoms with Gasteiger partial charge in [-0.25, -0.2) is 9.13 Å². The Morgan fingerprint density at radius 1 is 0.302 bits per heavy atom. The quantitative estimate of drug-likeness (QED) is 0.0169. The lowest BCUT2D eigenvalue weighted by atomic mass is 10.1. The van der Waals surface area contributed by atoms with Gasteiger partial charge in [-0.15, -0.1) is 0 Å². The summed E-state index contributed by atoms with van der Waals surface area (Å²) in [5.41, 5.74) is 0. The van der Waals surface area contributed by atoms with Crippen molar-refractivity contribution in [3.8, 4) is 0 Å². The van der Waals surface area contributed by atoms with Crippen molar-refractivity contribution in [3.05, 3.63) is 97.2 Å². The lowest BCUT2D eigenvalue weighted by Gasteiger charge is -2.21. The van der Waals surface area contributed by atoms with E-state index in [9.17, 15) is 43.2 Å². The molecule has 5 unspecified atom stereocenters. The zero-order valence-corrected chi connectivity index (χ0v) is 62.1. The van der Waals surface area contributed by atoms with Gasteiger partial charge in [-0.1, -0.05) is 266 Å². The fraction of sp³-hybridized carbons (Fsp3) is 0.740. The highest BCUT2D eigenvalue weighted by atomic mass is 31.2. The van der Waals surface area contributed by atoms with Gasteiger partial charge < -0.3 is 33.8 Å². The second-order valence-corrected chi connectivity index (χ2v) is 27.8. The third-order valence-corrected chi connectivity index (χ3v) is 17.4. The average Bonchev–Trinajstić information content (AvgIpc) is 1.17. The summed E-state index contributed by atoms with van der Waals surface area (Å²) < 4.78 is 68.3. The molecule has 17 nitrogen and oxygen atoms in total. The highest BCUT2D eigenvalue weighted by Crippen LogP contribution is 2.45. The van der Waals surface area contributed by atoms with Gasteiger partial charge in [0.1, 0.15) is 19.3 Å². The summed E-state index contributed by atoms with van der Waals surface area (Å²) in [7, 11) is -9.96. The van der Waals surface area contributed by atoms with Crippen LogP contribution in [0, 0.1) is 0 Å². The zero-order valence-electron chi connectivity index (χ0n) is 60.3. The van der Waals surface area contributed by atoms with Crippen molar-refractivity contribution >= 4 is 39.5 Å². The van der Waals surface area contributed by atoms with Crippen LogP contribution < -0.4 is 0 Å². The zero-order chi connectivity index (χ0) is 70.4. The summed E-state index contributed by atoms with van der Waals surface area (Å²) in [6.45, 7) is 4.63. The molecule has 0 radical (unpaired) electrons. The fourth-order valence-electron chi connectivity index (χ4n) is 9.82. The van der Waals surface area contributed by atoms with Gasteiger partial charge in [0.05, 0.1) is 26.4 Å². The van der Waals surface area contributed by atoms with Crippen LogP contribution in [0.25, 0.3) is 0 Å². The number of carbonyl (C=O) groups excluding carboxylic acids is 4.